The molecule has 0 aliphatic heterocycles. The number of anilines is 1. The van der Waals surface area contributed by atoms with Crippen molar-refractivity contribution in [2.24, 2.45) is 0 Å². The van der Waals surface area contributed by atoms with Gasteiger partial charge in [-0.2, -0.15) is 5.10 Å². The number of aromatic nitrogens is 3. The van der Waals surface area contributed by atoms with Crippen molar-refractivity contribution in [3.63, 3.8) is 0 Å². The van der Waals surface area contributed by atoms with Crippen LogP contribution in [0.15, 0.2) is 18.5 Å². The van der Waals surface area contributed by atoms with E-state index in [0.29, 0.717) is 0 Å². The summed E-state index contributed by atoms with van der Waals surface area (Å²) in [5, 5.41) is 4.35. The monoisotopic (exact) mass is 262 g/mol. The number of esters is 1. The fourth-order valence-corrected chi connectivity index (χ4v) is 1.96. The van der Waals surface area contributed by atoms with Crippen molar-refractivity contribution < 1.29 is 9.53 Å². The second kappa shape index (κ2) is 5.26. The highest BCUT2D eigenvalue weighted by molar-refractivity contribution is 5.79. The summed E-state index contributed by atoms with van der Waals surface area (Å²) in [5.41, 5.74) is 1.80. The zero-order valence-electron chi connectivity index (χ0n) is 11.6. The van der Waals surface area contributed by atoms with Crippen LogP contribution in [0.3, 0.4) is 0 Å². The van der Waals surface area contributed by atoms with Gasteiger partial charge in [-0.1, -0.05) is 0 Å². The standard InChI is InChI=1S/C13H18N4O2/c1-9(2)16(8-12(18)19-4)13-11-7-10(3)15-17(11)6-5-14-13/h5-7,9H,8H2,1-4H3. The fraction of sp³-hybridized carbons (Fsp3) is 0.462. The summed E-state index contributed by atoms with van der Waals surface area (Å²) in [4.78, 5) is 17.8. The molecule has 0 spiro atoms. The average molecular weight is 262 g/mol. The second-order valence-electron chi connectivity index (χ2n) is 4.66. The van der Waals surface area contributed by atoms with Gasteiger partial charge >= 0.3 is 5.97 Å². The number of aryl methyl sites for hydroxylation is 1. The van der Waals surface area contributed by atoms with Crippen LogP contribution in [0.25, 0.3) is 5.52 Å². The van der Waals surface area contributed by atoms with E-state index in [2.05, 4.69) is 10.1 Å². The second-order valence-corrected chi connectivity index (χ2v) is 4.66. The maximum atomic E-state index is 11.5. The van der Waals surface area contributed by atoms with Crippen LogP contribution in [-0.4, -0.2) is 40.3 Å². The molecule has 0 aliphatic rings. The molecule has 102 valence electrons. The molecule has 0 atom stereocenters. The highest BCUT2D eigenvalue weighted by atomic mass is 16.5. The van der Waals surface area contributed by atoms with E-state index in [1.165, 1.54) is 7.11 Å². The number of methoxy groups -OCH3 is 1. The van der Waals surface area contributed by atoms with Crippen LogP contribution in [0.1, 0.15) is 19.5 Å². The van der Waals surface area contributed by atoms with Crippen molar-refractivity contribution in [3.8, 4) is 0 Å². The Bertz CT molecular complexity index is 591. The number of hydrogen-bond acceptors (Lipinski definition) is 5. The molecule has 2 heterocycles. The van der Waals surface area contributed by atoms with Crippen LogP contribution >= 0.6 is 0 Å². The van der Waals surface area contributed by atoms with Crippen LogP contribution in [0.4, 0.5) is 5.82 Å². The van der Waals surface area contributed by atoms with E-state index < -0.39 is 0 Å². The van der Waals surface area contributed by atoms with Gasteiger partial charge in [-0.15, -0.1) is 0 Å². The average Bonchev–Trinajstić information content (AvgIpc) is 2.75. The smallest absolute Gasteiger partial charge is 0.325 e. The van der Waals surface area contributed by atoms with Gasteiger partial charge in [0.1, 0.15) is 12.1 Å². The van der Waals surface area contributed by atoms with Gasteiger partial charge in [-0.05, 0) is 26.8 Å². The predicted octanol–water partition coefficient (Wildman–Crippen LogP) is 1.43. The van der Waals surface area contributed by atoms with E-state index in [4.69, 9.17) is 4.74 Å². The minimum atomic E-state index is -0.284. The Kier molecular flexibility index (Phi) is 3.69. The van der Waals surface area contributed by atoms with E-state index in [1.807, 2.05) is 31.7 Å². The highest BCUT2D eigenvalue weighted by Crippen LogP contribution is 2.21. The van der Waals surface area contributed by atoms with Crippen molar-refractivity contribution in [2.45, 2.75) is 26.8 Å². The van der Waals surface area contributed by atoms with Gasteiger partial charge in [0.05, 0.1) is 12.8 Å². The molecule has 2 aromatic rings. The lowest BCUT2D eigenvalue weighted by atomic mass is 10.3. The third-order valence-corrected chi connectivity index (χ3v) is 2.91. The Hall–Kier alpha value is -2.11. The molecule has 0 unspecified atom stereocenters. The van der Waals surface area contributed by atoms with Gasteiger partial charge in [0, 0.05) is 18.4 Å². The Morgan fingerprint density at radius 2 is 2.26 bits per heavy atom. The molecule has 0 aliphatic carbocycles. The minimum Gasteiger partial charge on any atom is -0.468 e. The molecule has 2 aromatic heterocycles. The summed E-state index contributed by atoms with van der Waals surface area (Å²) in [5.74, 6) is 0.456. The lowest BCUT2D eigenvalue weighted by Crippen LogP contribution is -2.37. The van der Waals surface area contributed by atoms with Crippen LogP contribution in [0.2, 0.25) is 0 Å². The number of ether oxygens (including phenoxy) is 1. The minimum absolute atomic E-state index is 0.132. The van der Waals surface area contributed by atoms with Crippen molar-refractivity contribution in [1.82, 2.24) is 14.6 Å². The van der Waals surface area contributed by atoms with Gasteiger partial charge in [0.2, 0.25) is 0 Å². The maximum Gasteiger partial charge on any atom is 0.325 e. The summed E-state index contributed by atoms with van der Waals surface area (Å²) in [7, 11) is 1.39. The highest BCUT2D eigenvalue weighted by Gasteiger charge is 2.19. The van der Waals surface area contributed by atoms with Crippen molar-refractivity contribution in [3.05, 3.63) is 24.2 Å². The third-order valence-electron chi connectivity index (χ3n) is 2.91. The van der Waals surface area contributed by atoms with Crippen LogP contribution in [-0.2, 0) is 9.53 Å². The molecule has 6 heteroatoms. The van der Waals surface area contributed by atoms with Crippen molar-refractivity contribution in [2.75, 3.05) is 18.6 Å². The van der Waals surface area contributed by atoms with Crippen LogP contribution < -0.4 is 4.90 Å². The predicted molar refractivity (Wildman–Crippen MR) is 72.2 cm³/mol. The van der Waals surface area contributed by atoms with Gasteiger partial charge in [0.25, 0.3) is 0 Å². The molecule has 0 radical (unpaired) electrons. The fourth-order valence-electron chi connectivity index (χ4n) is 1.96. The normalized spacial score (nSPS) is 11.0. The van der Waals surface area contributed by atoms with Gasteiger partial charge in [-0.3, -0.25) is 4.79 Å². The third kappa shape index (κ3) is 2.67. The summed E-state index contributed by atoms with van der Waals surface area (Å²) in [6, 6.07) is 2.09. The molecule has 0 aromatic carbocycles. The Morgan fingerprint density at radius 3 is 2.89 bits per heavy atom. The van der Waals surface area contributed by atoms with Crippen molar-refractivity contribution >= 4 is 17.3 Å². The lowest BCUT2D eigenvalue weighted by molar-refractivity contribution is -0.139. The summed E-state index contributed by atoms with van der Waals surface area (Å²) < 4.78 is 6.51. The number of hydrogen-bond donors (Lipinski definition) is 0. The molecule has 6 nitrogen and oxygen atoms in total. The number of nitrogens with zero attached hydrogens (tertiary/aromatic N) is 4. The first-order chi connectivity index (χ1) is 9.02. The lowest BCUT2D eigenvalue weighted by Gasteiger charge is -2.26. The SMILES string of the molecule is COC(=O)CN(c1nccn2nc(C)cc12)C(C)C. The largest absolute Gasteiger partial charge is 0.468 e. The van der Waals surface area contributed by atoms with Crippen LogP contribution in [0.5, 0.6) is 0 Å². The topological polar surface area (TPSA) is 59.7 Å². The van der Waals surface area contributed by atoms with E-state index in [9.17, 15) is 4.79 Å². The molecule has 0 N–H and O–H groups in total. The Labute approximate surface area is 112 Å². The molecule has 0 bridgehead atoms. The summed E-state index contributed by atoms with van der Waals surface area (Å²) in [6.07, 6.45) is 3.48. The number of fused-ring (bicyclic) bond motifs is 1. The van der Waals surface area contributed by atoms with E-state index in [-0.39, 0.29) is 18.6 Å². The Balaban J connectivity index is 2.46. The zero-order chi connectivity index (χ0) is 14.0. The van der Waals surface area contributed by atoms with Gasteiger partial charge in [0.15, 0.2) is 5.82 Å². The number of carbonyl (C=O) groups is 1. The maximum absolute atomic E-state index is 11.5. The molecular formula is C13H18N4O2. The summed E-state index contributed by atoms with van der Waals surface area (Å²) in [6.45, 7) is 6.12. The molecule has 0 amide bonds. The molecule has 19 heavy (non-hydrogen) atoms. The first-order valence-corrected chi connectivity index (χ1v) is 6.17. The molecule has 0 saturated carbocycles. The molecule has 0 fully saturated rings. The first-order valence-electron chi connectivity index (χ1n) is 6.17. The van der Waals surface area contributed by atoms with Crippen LogP contribution in [0, 0.1) is 6.92 Å². The number of rotatable bonds is 4. The van der Waals surface area contributed by atoms with E-state index in [0.717, 1.165) is 17.0 Å². The van der Waals surface area contributed by atoms with Crippen molar-refractivity contribution in [1.29, 1.82) is 0 Å². The molecule has 0 saturated heterocycles. The zero-order valence-corrected chi connectivity index (χ0v) is 11.6. The van der Waals surface area contributed by atoms with Gasteiger partial charge < -0.3 is 9.64 Å². The first kappa shape index (κ1) is 13.3. The Morgan fingerprint density at radius 1 is 1.53 bits per heavy atom. The number of carbonyl (C=O) groups excluding carboxylic acids is 1. The van der Waals surface area contributed by atoms with E-state index >= 15 is 0 Å². The van der Waals surface area contributed by atoms with Gasteiger partial charge in [-0.25, -0.2) is 9.50 Å². The molecule has 2 rings (SSSR count). The van der Waals surface area contributed by atoms with E-state index in [1.54, 1.807) is 16.9 Å². The summed E-state index contributed by atoms with van der Waals surface area (Å²) >= 11 is 0. The quantitative estimate of drug-likeness (QED) is 0.780. The molecular weight excluding hydrogens is 244 g/mol.